The molecule has 2 aliphatic carbocycles. The molecule has 0 aromatic heterocycles. The minimum absolute atomic E-state index is 0.0267. The van der Waals surface area contributed by atoms with Crippen LogP contribution in [0.2, 0.25) is 0 Å². The fourth-order valence-corrected chi connectivity index (χ4v) is 4.44. The van der Waals surface area contributed by atoms with Gasteiger partial charge in [-0.15, -0.1) is 11.8 Å². The van der Waals surface area contributed by atoms with Crippen molar-refractivity contribution in [3.8, 4) is 0 Å². The normalized spacial score (nSPS) is 37.1. The molecule has 94 valence electrons. The minimum Gasteiger partial charge on any atom is -0.480 e. The topological polar surface area (TPSA) is 63.3 Å². The van der Waals surface area contributed by atoms with Crippen LogP contribution in [0.15, 0.2) is 47.4 Å². The summed E-state index contributed by atoms with van der Waals surface area (Å²) in [4.78, 5) is 12.6. The zero-order valence-corrected chi connectivity index (χ0v) is 10.6. The molecule has 4 heteroatoms. The van der Waals surface area contributed by atoms with E-state index in [2.05, 4.69) is 6.08 Å². The molecule has 0 spiro atoms. The van der Waals surface area contributed by atoms with E-state index in [4.69, 9.17) is 5.73 Å². The summed E-state index contributed by atoms with van der Waals surface area (Å²) < 4.78 is 0. The maximum absolute atomic E-state index is 11.5. The Morgan fingerprint density at radius 2 is 2.06 bits per heavy atom. The van der Waals surface area contributed by atoms with Gasteiger partial charge < -0.3 is 10.8 Å². The van der Waals surface area contributed by atoms with E-state index in [0.717, 1.165) is 11.3 Å². The SMILES string of the molecule is N[C@]1(C(=O)O)[C@H](Sc2ccccc2)[C@@H]2C=C[C@H]1C2. The van der Waals surface area contributed by atoms with Crippen LogP contribution in [0.5, 0.6) is 0 Å². The predicted molar refractivity (Wildman–Crippen MR) is 71.4 cm³/mol. The second-order valence-electron chi connectivity index (χ2n) is 4.98. The highest BCUT2D eigenvalue weighted by atomic mass is 32.2. The van der Waals surface area contributed by atoms with Crippen molar-refractivity contribution in [3.05, 3.63) is 42.5 Å². The lowest BCUT2D eigenvalue weighted by Crippen LogP contribution is -2.58. The first-order chi connectivity index (χ1) is 8.62. The number of fused-ring (bicyclic) bond motifs is 2. The molecule has 1 aromatic rings. The van der Waals surface area contributed by atoms with Gasteiger partial charge in [-0.3, -0.25) is 4.79 Å². The highest BCUT2D eigenvalue weighted by molar-refractivity contribution is 8.00. The Hall–Kier alpha value is -1.26. The number of allylic oxidation sites excluding steroid dienone is 1. The largest absolute Gasteiger partial charge is 0.480 e. The van der Waals surface area contributed by atoms with Crippen LogP contribution < -0.4 is 5.73 Å². The quantitative estimate of drug-likeness (QED) is 0.818. The Kier molecular flexibility index (Phi) is 2.72. The summed E-state index contributed by atoms with van der Waals surface area (Å²) in [5.41, 5.74) is 5.08. The van der Waals surface area contributed by atoms with Gasteiger partial charge in [0.15, 0.2) is 0 Å². The molecule has 0 aliphatic heterocycles. The molecule has 4 atom stereocenters. The number of hydrogen-bond acceptors (Lipinski definition) is 3. The standard InChI is InChI=1S/C14H15NO2S/c15-14(13(16)17)10-7-6-9(8-10)12(14)18-11-4-2-1-3-5-11/h1-7,9-10,12H,8,15H2,(H,16,17)/t9-,10+,12-,14+/m1/s1. The van der Waals surface area contributed by atoms with Crippen LogP contribution in [0.25, 0.3) is 0 Å². The maximum Gasteiger partial charge on any atom is 0.325 e. The van der Waals surface area contributed by atoms with Gasteiger partial charge in [0.2, 0.25) is 0 Å². The van der Waals surface area contributed by atoms with Crippen LogP contribution in [0.4, 0.5) is 0 Å². The second-order valence-corrected chi connectivity index (χ2v) is 6.20. The lowest BCUT2D eigenvalue weighted by atomic mass is 9.85. The lowest BCUT2D eigenvalue weighted by molar-refractivity contribution is -0.144. The molecule has 3 N–H and O–H groups in total. The monoisotopic (exact) mass is 261 g/mol. The molecule has 1 fully saturated rings. The van der Waals surface area contributed by atoms with E-state index in [-0.39, 0.29) is 17.1 Å². The van der Waals surface area contributed by atoms with Crippen molar-refractivity contribution in [1.29, 1.82) is 0 Å². The molecule has 18 heavy (non-hydrogen) atoms. The molecule has 0 saturated heterocycles. The van der Waals surface area contributed by atoms with Crippen molar-refractivity contribution < 1.29 is 9.90 Å². The van der Waals surface area contributed by atoms with E-state index in [9.17, 15) is 9.90 Å². The molecule has 0 amide bonds. The van der Waals surface area contributed by atoms with Crippen LogP contribution >= 0.6 is 11.8 Å². The van der Waals surface area contributed by atoms with E-state index >= 15 is 0 Å². The van der Waals surface area contributed by atoms with E-state index in [1.807, 2.05) is 36.4 Å². The number of carboxylic acid groups (broad SMARTS) is 1. The van der Waals surface area contributed by atoms with Crippen LogP contribution in [0, 0.1) is 11.8 Å². The van der Waals surface area contributed by atoms with Crippen LogP contribution in [0.1, 0.15) is 6.42 Å². The molecule has 1 aromatic carbocycles. The smallest absolute Gasteiger partial charge is 0.325 e. The number of benzene rings is 1. The predicted octanol–water partition coefficient (Wildman–Crippen LogP) is 2.14. The zero-order valence-electron chi connectivity index (χ0n) is 9.82. The van der Waals surface area contributed by atoms with Crippen molar-refractivity contribution in [2.45, 2.75) is 22.1 Å². The van der Waals surface area contributed by atoms with Gasteiger partial charge in [0.25, 0.3) is 0 Å². The Morgan fingerprint density at radius 1 is 1.33 bits per heavy atom. The number of aliphatic carboxylic acids is 1. The van der Waals surface area contributed by atoms with E-state index in [0.29, 0.717) is 0 Å². The van der Waals surface area contributed by atoms with Gasteiger partial charge in [0, 0.05) is 16.1 Å². The number of carbonyl (C=O) groups is 1. The van der Waals surface area contributed by atoms with Gasteiger partial charge in [-0.25, -0.2) is 0 Å². The summed E-state index contributed by atoms with van der Waals surface area (Å²) in [5.74, 6) is -0.629. The van der Waals surface area contributed by atoms with E-state index < -0.39 is 11.5 Å². The number of rotatable bonds is 3. The first-order valence-corrected chi connectivity index (χ1v) is 6.92. The fourth-order valence-electron chi connectivity index (χ4n) is 2.98. The van der Waals surface area contributed by atoms with Crippen molar-refractivity contribution >= 4 is 17.7 Å². The molecule has 2 aliphatic rings. The molecule has 0 radical (unpaired) electrons. The lowest BCUT2D eigenvalue weighted by Gasteiger charge is -2.34. The number of carboxylic acids is 1. The molecule has 0 unspecified atom stereocenters. The molecule has 1 saturated carbocycles. The second kappa shape index (κ2) is 4.14. The molecule has 3 rings (SSSR count). The highest BCUT2D eigenvalue weighted by Gasteiger charge is 2.58. The molecule has 2 bridgehead atoms. The van der Waals surface area contributed by atoms with Gasteiger partial charge in [-0.1, -0.05) is 30.4 Å². The third kappa shape index (κ3) is 1.60. The minimum atomic E-state index is -1.13. The molecular weight excluding hydrogens is 246 g/mol. The molecule has 3 nitrogen and oxygen atoms in total. The summed E-state index contributed by atoms with van der Waals surface area (Å²) in [6, 6.07) is 9.89. The van der Waals surface area contributed by atoms with Crippen molar-refractivity contribution in [2.75, 3.05) is 0 Å². The van der Waals surface area contributed by atoms with E-state index in [1.165, 1.54) is 0 Å². The van der Waals surface area contributed by atoms with Crippen molar-refractivity contribution in [1.82, 2.24) is 0 Å². The van der Waals surface area contributed by atoms with Gasteiger partial charge in [-0.2, -0.15) is 0 Å². The van der Waals surface area contributed by atoms with Crippen molar-refractivity contribution in [3.63, 3.8) is 0 Å². The first kappa shape index (κ1) is 11.8. The Bertz CT molecular complexity index is 502. The van der Waals surface area contributed by atoms with Gasteiger partial charge in [0.05, 0.1) is 0 Å². The summed E-state index contributed by atoms with van der Waals surface area (Å²) >= 11 is 1.59. The summed E-state index contributed by atoms with van der Waals surface area (Å²) in [7, 11) is 0. The number of thioether (sulfide) groups is 1. The third-order valence-electron chi connectivity index (χ3n) is 3.97. The molecule has 0 heterocycles. The van der Waals surface area contributed by atoms with Gasteiger partial charge >= 0.3 is 5.97 Å². The average Bonchev–Trinajstić information content (AvgIpc) is 2.93. The van der Waals surface area contributed by atoms with Crippen molar-refractivity contribution in [2.24, 2.45) is 17.6 Å². The zero-order chi connectivity index (χ0) is 12.8. The average molecular weight is 261 g/mol. The number of nitrogens with two attached hydrogens (primary N) is 1. The number of hydrogen-bond donors (Lipinski definition) is 2. The van der Waals surface area contributed by atoms with Crippen LogP contribution in [0.3, 0.4) is 0 Å². The Balaban J connectivity index is 1.91. The Labute approximate surface area is 110 Å². The summed E-state index contributed by atoms with van der Waals surface area (Å²) in [6.45, 7) is 0. The Morgan fingerprint density at radius 3 is 2.72 bits per heavy atom. The fraction of sp³-hybridized carbons (Fsp3) is 0.357. The third-order valence-corrected chi connectivity index (χ3v) is 5.50. The van der Waals surface area contributed by atoms with E-state index in [1.54, 1.807) is 11.8 Å². The van der Waals surface area contributed by atoms with Gasteiger partial charge in [-0.05, 0) is 24.5 Å². The van der Waals surface area contributed by atoms with Crippen LogP contribution in [-0.2, 0) is 4.79 Å². The summed E-state index contributed by atoms with van der Waals surface area (Å²) in [6.07, 6.45) is 4.97. The summed E-state index contributed by atoms with van der Waals surface area (Å²) in [5, 5.41) is 9.39. The van der Waals surface area contributed by atoms with Crippen LogP contribution in [-0.4, -0.2) is 21.9 Å². The highest BCUT2D eigenvalue weighted by Crippen LogP contribution is 2.52. The maximum atomic E-state index is 11.5. The van der Waals surface area contributed by atoms with Gasteiger partial charge in [0.1, 0.15) is 5.54 Å². The first-order valence-electron chi connectivity index (χ1n) is 6.04. The molecular formula is C14H15NO2S.